The summed E-state index contributed by atoms with van der Waals surface area (Å²) in [4.78, 5) is 15.3. The highest BCUT2D eigenvalue weighted by molar-refractivity contribution is 6.32. The molecular weight excluding hydrogens is 693 g/mol. The zero-order valence-corrected chi connectivity index (χ0v) is 30.8. The highest BCUT2D eigenvalue weighted by Gasteiger charge is 2.27. The van der Waals surface area contributed by atoms with Crippen LogP contribution in [-0.4, -0.2) is 19.5 Å². The van der Waals surface area contributed by atoms with E-state index in [1.165, 1.54) is 66.0 Å². The molecule has 9 aromatic carbocycles. The average molecular weight is 725 g/mol. The van der Waals surface area contributed by atoms with Gasteiger partial charge in [-0.15, -0.1) is 0 Å². The first-order chi connectivity index (χ1) is 28.3. The Morgan fingerprint density at radius 3 is 1.46 bits per heavy atom. The zero-order valence-electron chi connectivity index (χ0n) is 30.8. The molecule has 2 aromatic heterocycles. The Labute approximate surface area is 329 Å². The van der Waals surface area contributed by atoms with E-state index in [-0.39, 0.29) is 0 Å². The summed E-state index contributed by atoms with van der Waals surface area (Å²) in [6, 6.07) is 69.2. The lowest BCUT2D eigenvalue weighted by Gasteiger charge is -2.18. The number of fused-ring (bicyclic) bond motifs is 4. The second kappa shape index (κ2) is 12.4. The van der Waals surface area contributed by atoms with Crippen molar-refractivity contribution in [3.63, 3.8) is 0 Å². The van der Waals surface area contributed by atoms with E-state index in [1.807, 2.05) is 36.4 Å². The van der Waals surface area contributed by atoms with E-state index >= 15 is 0 Å². The van der Waals surface area contributed by atoms with Gasteiger partial charge in [-0.2, -0.15) is 0 Å². The molecule has 0 radical (unpaired) electrons. The maximum absolute atomic E-state index is 5.14. The first kappa shape index (κ1) is 31.6. The van der Waals surface area contributed by atoms with Crippen LogP contribution in [0.15, 0.2) is 194 Å². The fourth-order valence-corrected chi connectivity index (χ4v) is 9.13. The van der Waals surface area contributed by atoms with Crippen LogP contribution in [0.2, 0.25) is 0 Å². The number of rotatable bonds is 5. The predicted octanol–water partition coefficient (Wildman–Crippen LogP) is 13.6. The van der Waals surface area contributed by atoms with Crippen molar-refractivity contribution in [3.05, 3.63) is 194 Å². The number of benzene rings is 9. The van der Waals surface area contributed by atoms with Crippen molar-refractivity contribution in [2.75, 3.05) is 0 Å². The Balaban J connectivity index is 1.18. The molecule has 0 saturated heterocycles. The van der Waals surface area contributed by atoms with Gasteiger partial charge in [0.2, 0.25) is 0 Å². The molecular formula is C53H32N4. The molecule has 0 saturated carbocycles. The molecule has 0 unspecified atom stereocenters. The normalized spacial score (nSPS) is 11.9. The van der Waals surface area contributed by atoms with Crippen molar-refractivity contribution in [3.8, 4) is 73.2 Å². The minimum atomic E-state index is 0.642. The van der Waals surface area contributed by atoms with Crippen LogP contribution < -0.4 is 0 Å². The molecule has 0 amide bonds. The van der Waals surface area contributed by atoms with E-state index in [4.69, 9.17) is 15.0 Å². The average Bonchev–Trinajstić information content (AvgIpc) is 3.56. The summed E-state index contributed by atoms with van der Waals surface area (Å²) in [5, 5.41) is 7.31. The van der Waals surface area contributed by atoms with Gasteiger partial charge in [-0.05, 0) is 68.4 Å². The van der Waals surface area contributed by atoms with Gasteiger partial charge in [-0.1, -0.05) is 170 Å². The fourth-order valence-electron chi connectivity index (χ4n) is 9.13. The van der Waals surface area contributed by atoms with Crippen LogP contribution in [0.25, 0.3) is 117 Å². The second-order valence-electron chi connectivity index (χ2n) is 14.7. The highest BCUT2D eigenvalue weighted by Crippen LogP contribution is 2.52. The molecule has 0 spiro atoms. The van der Waals surface area contributed by atoms with Crippen molar-refractivity contribution < 1.29 is 0 Å². The van der Waals surface area contributed by atoms with Crippen molar-refractivity contribution in [2.45, 2.75) is 0 Å². The van der Waals surface area contributed by atoms with Crippen molar-refractivity contribution in [1.29, 1.82) is 0 Å². The van der Waals surface area contributed by atoms with Crippen LogP contribution in [0.3, 0.4) is 0 Å². The van der Waals surface area contributed by atoms with Gasteiger partial charge in [-0.3, -0.25) is 0 Å². The third kappa shape index (κ3) is 4.77. The summed E-state index contributed by atoms with van der Waals surface area (Å²) in [5.41, 5.74) is 13.8. The largest absolute Gasteiger partial charge is 0.309 e. The SMILES string of the molecule is c1ccc(-c2nc(-c3ccccc3)nc(-c3ccc(-n4c5cccc6c5c5c7c(cccc7c(-c7ccccc7)cc54)-c4ccccc4-6)c4ccccc34)n2)cc1. The second-order valence-corrected chi connectivity index (χ2v) is 14.7. The lowest BCUT2D eigenvalue weighted by atomic mass is 9.90. The van der Waals surface area contributed by atoms with Gasteiger partial charge >= 0.3 is 0 Å². The summed E-state index contributed by atoms with van der Waals surface area (Å²) >= 11 is 0. The smallest absolute Gasteiger partial charge is 0.164 e. The Morgan fingerprint density at radius 1 is 0.281 bits per heavy atom. The van der Waals surface area contributed by atoms with Crippen LogP contribution >= 0.6 is 0 Å². The molecule has 4 nitrogen and oxygen atoms in total. The Bertz CT molecular complexity index is 3330. The molecule has 0 N–H and O–H groups in total. The Kier molecular flexibility index (Phi) is 6.89. The predicted molar refractivity (Wildman–Crippen MR) is 235 cm³/mol. The summed E-state index contributed by atoms with van der Waals surface area (Å²) in [6.45, 7) is 0. The third-order valence-corrected chi connectivity index (χ3v) is 11.6. The van der Waals surface area contributed by atoms with Gasteiger partial charge in [0.15, 0.2) is 17.5 Å². The molecule has 1 aliphatic rings. The van der Waals surface area contributed by atoms with E-state index in [2.05, 4.69) is 162 Å². The number of hydrogen-bond donors (Lipinski definition) is 0. The molecule has 12 rings (SSSR count). The quantitative estimate of drug-likeness (QED) is 0.177. The van der Waals surface area contributed by atoms with Crippen LogP contribution in [0, 0.1) is 0 Å². The van der Waals surface area contributed by atoms with E-state index in [0.29, 0.717) is 17.5 Å². The van der Waals surface area contributed by atoms with Gasteiger partial charge in [-0.25, -0.2) is 15.0 Å². The minimum absolute atomic E-state index is 0.642. The molecule has 0 fully saturated rings. The fraction of sp³-hybridized carbons (Fsp3) is 0. The van der Waals surface area contributed by atoms with Crippen LogP contribution in [0.1, 0.15) is 0 Å². The first-order valence-electron chi connectivity index (χ1n) is 19.4. The maximum Gasteiger partial charge on any atom is 0.164 e. The topological polar surface area (TPSA) is 43.6 Å². The highest BCUT2D eigenvalue weighted by atomic mass is 15.0. The molecule has 0 bridgehead atoms. The molecule has 2 heterocycles. The molecule has 264 valence electrons. The first-order valence-corrected chi connectivity index (χ1v) is 19.4. The lowest BCUT2D eigenvalue weighted by molar-refractivity contribution is 1.08. The van der Waals surface area contributed by atoms with Crippen molar-refractivity contribution in [2.24, 2.45) is 0 Å². The molecule has 57 heavy (non-hydrogen) atoms. The van der Waals surface area contributed by atoms with Gasteiger partial charge in [0.05, 0.1) is 16.7 Å². The zero-order chi connectivity index (χ0) is 37.5. The monoisotopic (exact) mass is 724 g/mol. The molecule has 0 aliphatic heterocycles. The standard InChI is InChI=1S/C53H32N4/c1-4-16-33(17-5-1)44-32-47-50-48-40(26-14-27-42(44)48)36-22-10-11-23-37(36)41-28-15-29-46(49(41)50)57(47)45-31-30-43(38-24-12-13-25-39(38)45)53-55-51(34-18-6-2-7-19-34)54-52(56-53)35-20-8-3-9-21-35/h1-32H. The van der Waals surface area contributed by atoms with Crippen LogP contribution in [0.4, 0.5) is 0 Å². The summed E-state index contributed by atoms with van der Waals surface area (Å²) in [7, 11) is 0. The minimum Gasteiger partial charge on any atom is -0.309 e. The summed E-state index contributed by atoms with van der Waals surface area (Å²) in [5.74, 6) is 1.93. The van der Waals surface area contributed by atoms with Crippen molar-refractivity contribution in [1.82, 2.24) is 19.5 Å². The summed E-state index contributed by atoms with van der Waals surface area (Å²) in [6.07, 6.45) is 0. The van der Waals surface area contributed by atoms with Gasteiger partial charge in [0.1, 0.15) is 0 Å². The number of nitrogens with zero attached hydrogens (tertiary/aromatic N) is 4. The van der Waals surface area contributed by atoms with Gasteiger partial charge in [0, 0.05) is 38.2 Å². The third-order valence-electron chi connectivity index (χ3n) is 11.6. The van der Waals surface area contributed by atoms with Crippen molar-refractivity contribution >= 4 is 43.4 Å². The van der Waals surface area contributed by atoms with E-state index in [9.17, 15) is 0 Å². The Hall–Kier alpha value is -7.69. The van der Waals surface area contributed by atoms with Crippen LogP contribution in [0.5, 0.6) is 0 Å². The van der Waals surface area contributed by atoms with E-state index in [1.54, 1.807) is 0 Å². The number of hydrogen-bond acceptors (Lipinski definition) is 3. The summed E-state index contributed by atoms with van der Waals surface area (Å²) < 4.78 is 2.50. The van der Waals surface area contributed by atoms with Gasteiger partial charge in [0.25, 0.3) is 0 Å². The molecule has 4 heteroatoms. The molecule has 0 atom stereocenters. The molecule has 1 aliphatic carbocycles. The molecule has 11 aromatic rings. The Morgan fingerprint density at radius 2 is 0.789 bits per heavy atom. The van der Waals surface area contributed by atoms with E-state index in [0.717, 1.165) is 33.2 Å². The van der Waals surface area contributed by atoms with E-state index < -0.39 is 0 Å². The number of aromatic nitrogens is 4. The van der Waals surface area contributed by atoms with Gasteiger partial charge < -0.3 is 4.57 Å². The maximum atomic E-state index is 5.14. The lowest BCUT2D eigenvalue weighted by Crippen LogP contribution is -2.02. The van der Waals surface area contributed by atoms with Crippen LogP contribution in [-0.2, 0) is 0 Å².